The number of thiazole rings is 1. The summed E-state index contributed by atoms with van der Waals surface area (Å²) in [7, 11) is 1.51. The van der Waals surface area contributed by atoms with E-state index in [1.807, 2.05) is 0 Å². The number of aromatic nitrogens is 2. The summed E-state index contributed by atoms with van der Waals surface area (Å²) in [4.78, 5) is 18.8. The first kappa shape index (κ1) is 15.5. The van der Waals surface area contributed by atoms with Crippen molar-refractivity contribution < 1.29 is 17.9 Å². The van der Waals surface area contributed by atoms with Crippen LogP contribution in [0, 0.1) is 6.92 Å². The minimum atomic E-state index is -4.50. The highest BCUT2D eigenvalue weighted by Gasteiger charge is 2.34. The first-order valence-corrected chi connectivity index (χ1v) is 7.43. The minimum Gasteiger partial charge on any atom is -0.496 e. The summed E-state index contributed by atoms with van der Waals surface area (Å²) in [6.45, 7) is 1.77. The molecule has 0 atom stereocenters. The molecule has 0 aliphatic heterocycles. The van der Waals surface area contributed by atoms with Crippen LogP contribution >= 0.6 is 11.3 Å². The Bertz CT molecular complexity index is 944. The Morgan fingerprint density at radius 3 is 2.65 bits per heavy atom. The molecule has 0 amide bonds. The number of nitrogens with zero attached hydrogens (tertiary/aromatic N) is 1. The van der Waals surface area contributed by atoms with Gasteiger partial charge in [-0.25, -0.2) is 4.98 Å². The number of hydrogen-bond acceptors (Lipinski definition) is 4. The summed E-state index contributed by atoms with van der Waals surface area (Å²) in [6, 6.07) is 4.55. The smallest absolute Gasteiger partial charge is 0.443 e. The van der Waals surface area contributed by atoms with Crippen molar-refractivity contribution in [2.75, 3.05) is 7.11 Å². The normalized spacial score (nSPS) is 11.9. The van der Waals surface area contributed by atoms with E-state index >= 15 is 0 Å². The van der Waals surface area contributed by atoms with Gasteiger partial charge in [-0.05, 0) is 19.1 Å². The number of aryl methyl sites for hydroxylation is 1. The summed E-state index contributed by atoms with van der Waals surface area (Å²) in [6.07, 6.45) is -4.50. The van der Waals surface area contributed by atoms with E-state index in [9.17, 15) is 18.0 Å². The molecular formula is C15H11F3N2O2S. The minimum absolute atomic E-state index is 0.0866. The predicted molar refractivity (Wildman–Crippen MR) is 82.0 cm³/mol. The lowest BCUT2D eigenvalue weighted by Gasteiger charge is -2.09. The van der Waals surface area contributed by atoms with E-state index in [0.717, 1.165) is 0 Å². The maximum absolute atomic E-state index is 12.7. The van der Waals surface area contributed by atoms with Gasteiger partial charge in [0.25, 0.3) is 0 Å². The SMILES string of the molecule is COc1ccc2c(=O)cc(-c3csc(C(F)(F)F)n3)[nH]c2c1C. The molecule has 3 rings (SSSR count). The molecule has 0 saturated heterocycles. The van der Waals surface area contributed by atoms with Gasteiger partial charge in [-0.2, -0.15) is 13.2 Å². The Hall–Kier alpha value is -2.35. The third kappa shape index (κ3) is 2.70. The zero-order valence-electron chi connectivity index (χ0n) is 12.1. The van der Waals surface area contributed by atoms with Gasteiger partial charge >= 0.3 is 6.18 Å². The lowest BCUT2D eigenvalue weighted by Crippen LogP contribution is -2.06. The van der Waals surface area contributed by atoms with Gasteiger partial charge < -0.3 is 9.72 Å². The fraction of sp³-hybridized carbons (Fsp3) is 0.200. The van der Waals surface area contributed by atoms with Gasteiger partial charge in [0, 0.05) is 22.4 Å². The van der Waals surface area contributed by atoms with Crippen LogP contribution in [0.4, 0.5) is 13.2 Å². The third-order valence-corrected chi connectivity index (χ3v) is 4.35. The van der Waals surface area contributed by atoms with Gasteiger partial charge in [0.05, 0.1) is 24.0 Å². The maximum atomic E-state index is 12.7. The van der Waals surface area contributed by atoms with Gasteiger partial charge in [-0.1, -0.05) is 0 Å². The molecule has 0 radical (unpaired) electrons. The summed E-state index contributed by atoms with van der Waals surface area (Å²) in [5.74, 6) is 0.583. The molecule has 2 heterocycles. The molecule has 0 aliphatic carbocycles. The molecule has 4 nitrogen and oxygen atoms in total. The molecule has 0 bridgehead atoms. The molecule has 120 valence electrons. The number of methoxy groups -OCH3 is 1. The van der Waals surface area contributed by atoms with Crippen molar-refractivity contribution >= 4 is 22.2 Å². The van der Waals surface area contributed by atoms with E-state index in [1.54, 1.807) is 19.1 Å². The van der Waals surface area contributed by atoms with Crippen molar-refractivity contribution in [1.82, 2.24) is 9.97 Å². The molecule has 0 spiro atoms. The van der Waals surface area contributed by atoms with Gasteiger partial charge in [-0.15, -0.1) is 11.3 Å². The van der Waals surface area contributed by atoms with Crippen LogP contribution in [0.15, 0.2) is 28.4 Å². The second-order valence-corrected chi connectivity index (χ2v) is 5.76. The van der Waals surface area contributed by atoms with E-state index in [-0.39, 0.29) is 16.8 Å². The Balaban J connectivity index is 2.21. The monoisotopic (exact) mass is 340 g/mol. The van der Waals surface area contributed by atoms with Crippen LogP contribution in [0.3, 0.4) is 0 Å². The van der Waals surface area contributed by atoms with Crippen molar-refractivity contribution in [3.05, 3.63) is 44.4 Å². The Kier molecular flexibility index (Phi) is 3.63. The zero-order chi connectivity index (χ0) is 16.8. The van der Waals surface area contributed by atoms with Gasteiger partial charge in [0.2, 0.25) is 0 Å². The number of ether oxygens (including phenoxy) is 1. The van der Waals surface area contributed by atoms with Crippen LogP contribution in [0.1, 0.15) is 10.6 Å². The number of nitrogens with one attached hydrogen (secondary N) is 1. The number of hydrogen-bond donors (Lipinski definition) is 1. The van der Waals surface area contributed by atoms with Crippen LogP contribution in [0.5, 0.6) is 5.75 Å². The summed E-state index contributed by atoms with van der Waals surface area (Å²) in [5.41, 5.74) is 1.26. The van der Waals surface area contributed by atoms with E-state index in [0.29, 0.717) is 33.6 Å². The van der Waals surface area contributed by atoms with Crippen molar-refractivity contribution in [3.63, 3.8) is 0 Å². The van der Waals surface area contributed by atoms with Crippen molar-refractivity contribution in [2.24, 2.45) is 0 Å². The molecule has 1 N–H and O–H groups in total. The van der Waals surface area contributed by atoms with Crippen LogP contribution in [-0.2, 0) is 6.18 Å². The van der Waals surface area contributed by atoms with Crippen LogP contribution in [0.2, 0.25) is 0 Å². The molecule has 0 unspecified atom stereocenters. The van der Waals surface area contributed by atoms with E-state index in [2.05, 4.69) is 9.97 Å². The Labute approximate surface area is 132 Å². The number of halogens is 3. The van der Waals surface area contributed by atoms with Crippen LogP contribution in [-0.4, -0.2) is 17.1 Å². The first-order chi connectivity index (χ1) is 10.8. The lowest BCUT2D eigenvalue weighted by atomic mass is 10.1. The highest BCUT2D eigenvalue weighted by atomic mass is 32.1. The summed E-state index contributed by atoms with van der Waals surface area (Å²) >= 11 is 0.492. The number of rotatable bonds is 2. The molecule has 3 aromatic rings. The van der Waals surface area contributed by atoms with E-state index in [1.165, 1.54) is 18.6 Å². The topological polar surface area (TPSA) is 55.0 Å². The number of aromatic amines is 1. The molecule has 23 heavy (non-hydrogen) atoms. The fourth-order valence-corrected chi connectivity index (χ4v) is 3.01. The molecule has 0 saturated carbocycles. The number of fused-ring (bicyclic) bond motifs is 1. The lowest BCUT2D eigenvalue weighted by molar-refractivity contribution is -0.137. The largest absolute Gasteiger partial charge is 0.496 e. The van der Waals surface area contributed by atoms with Crippen molar-refractivity contribution in [2.45, 2.75) is 13.1 Å². The number of alkyl halides is 3. The van der Waals surface area contributed by atoms with Crippen LogP contribution < -0.4 is 10.2 Å². The highest BCUT2D eigenvalue weighted by Crippen LogP contribution is 2.34. The molecule has 0 fully saturated rings. The molecular weight excluding hydrogens is 329 g/mol. The number of pyridine rings is 1. The average Bonchev–Trinajstić information content (AvgIpc) is 2.98. The zero-order valence-corrected chi connectivity index (χ0v) is 12.9. The van der Waals surface area contributed by atoms with Crippen LogP contribution in [0.25, 0.3) is 22.3 Å². The standard InChI is InChI=1S/C15H11F3N2O2S/c1-7-12(22-2)4-3-8-11(21)5-9(19-13(7)8)10-6-23-14(20-10)15(16,17)18/h3-6H,1-2H3,(H,19,21). The summed E-state index contributed by atoms with van der Waals surface area (Å²) < 4.78 is 43.2. The summed E-state index contributed by atoms with van der Waals surface area (Å²) in [5, 5.41) is 0.768. The molecule has 0 aliphatic rings. The predicted octanol–water partition coefficient (Wildman–Crippen LogP) is 3.99. The Morgan fingerprint density at radius 1 is 1.30 bits per heavy atom. The first-order valence-electron chi connectivity index (χ1n) is 6.55. The second-order valence-electron chi connectivity index (χ2n) is 4.90. The van der Waals surface area contributed by atoms with Gasteiger partial charge in [0.15, 0.2) is 10.4 Å². The van der Waals surface area contributed by atoms with Gasteiger partial charge in [0.1, 0.15) is 5.75 Å². The molecule has 1 aromatic carbocycles. The third-order valence-electron chi connectivity index (χ3n) is 3.46. The number of H-pyrrole nitrogens is 1. The second kappa shape index (κ2) is 5.38. The molecule has 8 heteroatoms. The van der Waals surface area contributed by atoms with E-state index in [4.69, 9.17) is 4.74 Å². The van der Waals surface area contributed by atoms with Gasteiger partial charge in [-0.3, -0.25) is 4.79 Å². The quantitative estimate of drug-likeness (QED) is 0.767. The van der Waals surface area contributed by atoms with Crippen molar-refractivity contribution in [3.8, 4) is 17.1 Å². The van der Waals surface area contributed by atoms with E-state index < -0.39 is 11.2 Å². The molecule has 2 aromatic heterocycles. The average molecular weight is 340 g/mol. The fourth-order valence-electron chi connectivity index (χ4n) is 2.33. The maximum Gasteiger partial charge on any atom is 0.443 e. The Morgan fingerprint density at radius 2 is 2.04 bits per heavy atom. The highest BCUT2D eigenvalue weighted by molar-refractivity contribution is 7.10. The number of benzene rings is 1. The van der Waals surface area contributed by atoms with Crippen molar-refractivity contribution in [1.29, 1.82) is 0 Å².